The molecule has 0 unspecified atom stereocenters. The van der Waals surface area contributed by atoms with Gasteiger partial charge in [0.1, 0.15) is 0 Å². The van der Waals surface area contributed by atoms with Crippen LogP contribution in [0.25, 0.3) is 0 Å². The average Bonchev–Trinajstić information content (AvgIpc) is 2.49. The van der Waals surface area contributed by atoms with Gasteiger partial charge in [0.2, 0.25) is 11.8 Å². The van der Waals surface area contributed by atoms with Crippen LogP contribution < -0.4 is 10.7 Å². The van der Waals surface area contributed by atoms with Crippen LogP contribution in [0, 0.1) is 0 Å². The van der Waals surface area contributed by atoms with Gasteiger partial charge < -0.3 is 5.32 Å². The van der Waals surface area contributed by atoms with Crippen LogP contribution in [0.15, 0.2) is 46.5 Å². The molecule has 1 aromatic carbocycles. The first-order chi connectivity index (χ1) is 10.6. The van der Waals surface area contributed by atoms with E-state index in [4.69, 9.17) is 0 Å². The molecule has 0 aliphatic heterocycles. The molecule has 0 bridgehead atoms. The number of rotatable bonds is 9. The van der Waals surface area contributed by atoms with Crippen molar-refractivity contribution in [1.29, 1.82) is 0 Å². The lowest BCUT2D eigenvalue weighted by molar-refractivity contribution is -0.122. The maximum Gasteiger partial charge on any atom is 0.240 e. The van der Waals surface area contributed by atoms with Crippen molar-refractivity contribution < 1.29 is 9.59 Å². The first-order valence-electron chi connectivity index (χ1n) is 7.07. The quantitative estimate of drug-likeness (QED) is 0.305. The Morgan fingerprint density at radius 3 is 2.64 bits per heavy atom. The van der Waals surface area contributed by atoms with Crippen molar-refractivity contribution in [3.63, 3.8) is 0 Å². The van der Waals surface area contributed by atoms with Crippen LogP contribution in [0.4, 0.5) is 0 Å². The maximum atomic E-state index is 11.6. The Morgan fingerprint density at radius 2 is 1.95 bits per heavy atom. The summed E-state index contributed by atoms with van der Waals surface area (Å²) >= 11 is 3.37. The topological polar surface area (TPSA) is 70.6 Å². The summed E-state index contributed by atoms with van der Waals surface area (Å²) in [5.41, 5.74) is 3.37. The summed E-state index contributed by atoms with van der Waals surface area (Å²) in [5, 5.41) is 6.59. The molecule has 2 N–H and O–H groups in total. The van der Waals surface area contributed by atoms with Crippen molar-refractivity contribution >= 4 is 34.0 Å². The summed E-state index contributed by atoms with van der Waals surface area (Å²) in [7, 11) is 0. The highest BCUT2D eigenvalue weighted by atomic mass is 79.9. The first-order valence-corrected chi connectivity index (χ1v) is 7.86. The largest absolute Gasteiger partial charge is 0.353 e. The molecule has 6 heteroatoms. The van der Waals surface area contributed by atoms with Crippen molar-refractivity contribution in [3.8, 4) is 0 Å². The number of hydrazone groups is 1. The fourth-order valence-corrected chi connectivity index (χ4v) is 2.08. The predicted molar refractivity (Wildman–Crippen MR) is 91.6 cm³/mol. The molecule has 5 nitrogen and oxygen atoms in total. The van der Waals surface area contributed by atoms with Gasteiger partial charge in [0.25, 0.3) is 0 Å². The average molecular weight is 366 g/mol. The monoisotopic (exact) mass is 365 g/mol. The highest BCUT2D eigenvalue weighted by Crippen LogP contribution is 2.09. The minimum absolute atomic E-state index is 0.0204. The molecule has 1 aromatic rings. The van der Waals surface area contributed by atoms with Crippen LogP contribution in [-0.2, 0) is 9.59 Å². The maximum absolute atomic E-state index is 11.6. The highest BCUT2D eigenvalue weighted by molar-refractivity contribution is 9.10. The zero-order valence-corrected chi connectivity index (χ0v) is 13.9. The van der Waals surface area contributed by atoms with Crippen LogP contribution in [0.2, 0.25) is 0 Å². The van der Waals surface area contributed by atoms with Gasteiger partial charge in [0, 0.05) is 23.9 Å². The third kappa shape index (κ3) is 8.36. The summed E-state index contributed by atoms with van der Waals surface area (Å²) < 4.78 is 0.956. The summed E-state index contributed by atoms with van der Waals surface area (Å²) in [5.74, 6) is -0.175. The van der Waals surface area contributed by atoms with Crippen molar-refractivity contribution in [2.75, 3.05) is 6.54 Å². The lowest BCUT2D eigenvalue weighted by Crippen LogP contribution is -2.23. The molecule has 1 rings (SSSR count). The third-order valence-electron chi connectivity index (χ3n) is 2.75. The second-order valence-corrected chi connectivity index (χ2v) is 5.56. The van der Waals surface area contributed by atoms with E-state index < -0.39 is 0 Å². The van der Waals surface area contributed by atoms with Gasteiger partial charge in [-0.1, -0.05) is 34.1 Å². The second kappa shape index (κ2) is 10.7. The molecule has 2 amide bonds. The Hall–Kier alpha value is -1.95. The summed E-state index contributed by atoms with van der Waals surface area (Å²) in [6.45, 7) is 4.00. The standard InChI is InChI=1S/C16H20BrN3O2/c1-2-10-18-15(21)8-3-4-9-16(22)20-19-12-13-6-5-7-14(17)11-13/h2,5-7,11-12H,1,3-4,8-10H2,(H,18,21)(H,20,22)/b19-12-. The number of nitrogens with zero attached hydrogens (tertiary/aromatic N) is 1. The number of unbranched alkanes of at least 4 members (excludes halogenated alkanes) is 1. The van der Waals surface area contributed by atoms with Crippen LogP contribution in [0.1, 0.15) is 31.2 Å². The van der Waals surface area contributed by atoms with E-state index in [-0.39, 0.29) is 11.8 Å². The van der Waals surface area contributed by atoms with Crippen molar-refractivity contribution in [1.82, 2.24) is 10.7 Å². The van der Waals surface area contributed by atoms with Gasteiger partial charge in [-0.15, -0.1) is 6.58 Å². The van der Waals surface area contributed by atoms with Crippen LogP contribution in [-0.4, -0.2) is 24.6 Å². The molecular weight excluding hydrogens is 346 g/mol. The van der Waals surface area contributed by atoms with Crippen LogP contribution >= 0.6 is 15.9 Å². The second-order valence-electron chi connectivity index (χ2n) is 4.65. The number of amides is 2. The Bertz CT molecular complexity index is 544. The molecule has 0 saturated heterocycles. The number of hydrogen-bond acceptors (Lipinski definition) is 3. The summed E-state index contributed by atoms with van der Waals surface area (Å²) in [6.07, 6.45) is 5.32. The molecule has 0 saturated carbocycles. The zero-order chi connectivity index (χ0) is 16.2. The molecule has 0 heterocycles. The van der Waals surface area contributed by atoms with E-state index in [1.807, 2.05) is 24.3 Å². The van der Waals surface area contributed by atoms with Gasteiger partial charge in [-0.3, -0.25) is 9.59 Å². The highest BCUT2D eigenvalue weighted by Gasteiger charge is 2.02. The summed E-state index contributed by atoms with van der Waals surface area (Å²) in [6, 6.07) is 7.60. The minimum Gasteiger partial charge on any atom is -0.353 e. The van der Waals surface area contributed by atoms with Crippen molar-refractivity contribution in [2.24, 2.45) is 5.10 Å². The fourth-order valence-electron chi connectivity index (χ4n) is 1.67. The molecule has 0 radical (unpaired) electrons. The number of carbonyl (C=O) groups is 2. The van der Waals surface area contributed by atoms with Gasteiger partial charge in [0.05, 0.1) is 6.21 Å². The molecule has 0 spiro atoms. The Labute approximate surface area is 139 Å². The summed E-state index contributed by atoms with van der Waals surface area (Å²) in [4.78, 5) is 22.9. The number of hydrogen-bond donors (Lipinski definition) is 2. The van der Waals surface area contributed by atoms with E-state index in [9.17, 15) is 9.59 Å². The van der Waals surface area contributed by atoms with E-state index in [1.54, 1.807) is 12.3 Å². The smallest absolute Gasteiger partial charge is 0.240 e. The minimum atomic E-state index is -0.155. The Morgan fingerprint density at radius 1 is 1.23 bits per heavy atom. The van der Waals surface area contributed by atoms with Gasteiger partial charge in [0.15, 0.2) is 0 Å². The van der Waals surface area contributed by atoms with E-state index in [0.29, 0.717) is 32.2 Å². The zero-order valence-electron chi connectivity index (χ0n) is 12.3. The number of halogens is 1. The SMILES string of the molecule is C=CCNC(=O)CCCCC(=O)N/N=C\c1cccc(Br)c1. The molecular formula is C16H20BrN3O2. The Balaban J connectivity index is 2.16. The van der Waals surface area contributed by atoms with Crippen molar-refractivity contribution in [3.05, 3.63) is 47.0 Å². The van der Waals surface area contributed by atoms with Crippen molar-refractivity contribution in [2.45, 2.75) is 25.7 Å². The van der Waals surface area contributed by atoms with Gasteiger partial charge in [-0.25, -0.2) is 5.43 Å². The molecule has 0 aromatic heterocycles. The normalized spacial score (nSPS) is 10.4. The van der Waals surface area contributed by atoms with E-state index in [0.717, 1.165) is 10.0 Å². The van der Waals surface area contributed by atoms with E-state index in [2.05, 4.69) is 38.4 Å². The van der Waals surface area contributed by atoms with E-state index in [1.165, 1.54) is 0 Å². The fraction of sp³-hybridized carbons (Fsp3) is 0.312. The lowest BCUT2D eigenvalue weighted by Gasteiger charge is -2.02. The van der Waals surface area contributed by atoms with Crippen LogP contribution in [0.5, 0.6) is 0 Å². The molecule has 118 valence electrons. The number of benzene rings is 1. The van der Waals surface area contributed by atoms with E-state index >= 15 is 0 Å². The van der Waals surface area contributed by atoms with Gasteiger partial charge >= 0.3 is 0 Å². The lowest BCUT2D eigenvalue weighted by atomic mass is 10.2. The third-order valence-corrected chi connectivity index (χ3v) is 3.25. The van der Waals surface area contributed by atoms with Crippen LogP contribution in [0.3, 0.4) is 0 Å². The first kappa shape index (κ1) is 18.1. The van der Waals surface area contributed by atoms with Gasteiger partial charge in [-0.2, -0.15) is 5.10 Å². The molecule has 0 fully saturated rings. The predicted octanol–water partition coefficient (Wildman–Crippen LogP) is 2.76. The van der Waals surface area contributed by atoms with Gasteiger partial charge in [-0.05, 0) is 30.5 Å². The molecule has 0 aliphatic carbocycles. The molecule has 0 aliphatic rings. The Kier molecular flexibility index (Phi) is 8.83. The molecule has 0 atom stereocenters. The molecule has 22 heavy (non-hydrogen) atoms. The number of carbonyl (C=O) groups excluding carboxylic acids is 2. The number of nitrogens with one attached hydrogen (secondary N) is 2.